The molecule has 0 spiro atoms. The number of ether oxygens (including phenoxy) is 1. The van der Waals surface area contributed by atoms with Gasteiger partial charge in [-0.2, -0.15) is 0 Å². The Balaban J connectivity index is 2.11. The zero-order valence-corrected chi connectivity index (χ0v) is 12.4. The number of carbonyl (C=O) groups excluding carboxylic acids is 2. The Bertz CT molecular complexity index is 614. The Morgan fingerprint density at radius 3 is 2.36 bits per heavy atom. The maximum absolute atomic E-state index is 12.1. The van der Waals surface area contributed by atoms with Gasteiger partial charge < -0.3 is 20.5 Å². The molecule has 2 rings (SSSR count). The maximum Gasteiger partial charge on any atom is 0.307 e. The van der Waals surface area contributed by atoms with Crippen LogP contribution in [0.25, 0.3) is 0 Å². The monoisotopic (exact) mass is 306 g/mol. The molecule has 3 N–H and O–H groups in total. The third-order valence-corrected chi connectivity index (χ3v) is 3.71. The van der Waals surface area contributed by atoms with Gasteiger partial charge in [-0.1, -0.05) is 0 Å². The van der Waals surface area contributed by atoms with Gasteiger partial charge in [-0.3, -0.25) is 14.4 Å². The second kappa shape index (κ2) is 6.46. The normalized spacial score (nSPS) is 19.7. The lowest BCUT2D eigenvalue weighted by atomic mass is 9.73. The number of hydrogen-bond acceptors (Lipinski definition) is 4. The van der Waals surface area contributed by atoms with E-state index in [0.29, 0.717) is 30.0 Å². The number of hydrogen-bond donors (Lipinski definition) is 3. The maximum atomic E-state index is 12.1. The fourth-order valence-corrected chi connectivity index (χ4v) is 2.42. The molecule has 1 aliphatic carbocycles. The van der Waals surface area contributed by atoms with Crippen LogP contribution >= 0.6 is 0 Å². The number of anilines is 2. The van der Waals surface area contributed by atoms with Gasteiger partial charge in [0.1, 0.15) is 5.75 Å². The molecule has 0 bridgehead atoms. The fourth-order valence-electron chi connectivity index (χ4n) is 2.42. The zero-order valence-electron chi connectivity index (χ0n) is 12.4. The van der Waals surface area contributed by atoms with Crippen molar-refractivity contribution in [3.05, 3.63) is 18.2 Å². The fraction of sp³-hybridized carbons (Fsp3) is 0.400. The van der Waals surface area contributed by atoms with Crippen LogP contribution < -0.4 is 15.4 Å². The molecule has 0 aromatic heterocycles. The zero-order chi connectivity index (χ0) is 16.3. The molecule has 0 aliphatic heterocycles. The Hall–Kier alpha value is -2.57. The summed E-state index contributed by atoms with van der Waals surface area (Å²) in [6.07, 6.45) is 1.09. The molecule has 2 atom stereocenters. The average Bonchev–Trinajstić information content (AvgIpc) is 2.36. The van der Waals surface area contributed by atoms with Crippen molar-refractivity contribution in [1.29, 1.82) is 0 Å². The van der Waals surface area contributed by atoms with Crippen molar-refractivity contribution >= 4 is 29.2 Å². The van der Waals surface area contributed by atoms with E-state index < -0.39 is 17.8 Å². The van der Waals surface area contributed by atoms with E-state index in [-0.39, 0.29) is 11.8 Å². The van der Waals surface area contributed by atoms with Crippen LogP contribution in [0.15, 0.2) is 18.2 Å². The number of carboxylic acid groups (broad SMARTS) is 1. The van der Waals surface area contributed by atoms with Crippen molar-refractivity contribution in [2.75, 3.05) is 17.7 Å². The number of methoxy groups -OCH3 is 1. The van der Waals surface area contributed by atoms with Gasteiger partial charge in [-0.05, 0) is 31.0 Å². The molecule has 1 aliphatic rings. The van der Waals surface area contributed by atoms with E-state index in [0.717, 1.165) is 0 Å². The highest BCUT2D eigenvalue weighted by Gasteiger charge is 2.41. The van der Waals surface area contributed by atoms with Gasteiger partial charge in [-0.15, -0.1) is 0 Å². The molecule has 1 fully saturated rings. The quantitative estimate of drug-likeness (QED) is 0.768. The summed E-state index contributed by atoms with van der Waals surface area (Å²) < 4.78 is 5.13. The summed E-state index contributed by atoms with van der Waals surface area (Å²) in [5, 5.41) is 14.3. The summed E-state index contributed by atoms with van der Waals surface area (Å²) in [4.78, 5) is 34.2. The van der Waals surface area contributed by atoms with E-state index >= 15 is 0 Å². The lowest BCUT2D eigenvalue weighted by Crippen LogP contribution is -2.41. The SMILES string of the molecule is COc1ccc(NC(=O)C2CCC2C(=O)O)cc1NC(C)=O. The molecule has 22 heavy (non-hydrogen) atoms. The summed E-state index contributed by atoms with van der Waals surface area (Å²) in [5.41, 5.74) is 0.918. The molecular formula is C15H18N2O5. The van der Waals surface area contributed by atoms with Crippen LogP contribution in [-0.4, -0.2) is 30.0 Å². The predicted octanol–water partition coefficient (Wildman–Crippen LogP) is 1.70. The van der Waals surface area contributed by atoms with Gasteiger partial charge in [0.25, 0.3) is 0 Å². The molecule has 0 heterocycles. The van der Waals surface area contributed by atoms with Crippen molar-refractivity contribution in [3.63, 3.8) is 0 Å². The van der Waals surface area contributed by atoms with Crippen LogP contribution in [0.5, 0.6) is 5.75 Å². The van der Waals surface area contributed by atoms with E-state index in [9.17, 15) is 14.4 Å². The van der Waals surface area contributed by atoms with Crippen LogP contribution in [0.4, 0.5) is 11.4 Å². The van der Waals surface area contributed by atoms with Gasteiger partial charge in [0.05, 0.1) is 24.6 Å². The standard InChI is InChI=1S/C15H18N2O5/c1-8(18)16-12-7-9(3-6-13(12)22-2)17-14(19)10-4-5-11(10)15(20)21/h3,6-7,10-11H,4-5H2,1-2H3,(H,16,18)(H,17,19)(H,20,21). The van der Waals surface area contributed by atoms with Crippen LogP contribution in [-0.2, 0) is 14.4 Å². The van der Waals surface area contributed by atoms with Gasteiger partial charge >= 0.3 is 5.97 Å². The van der Waals surface area contributed by atoms with Crippen LogP contribution in [0, 0.1) is 11.8 Å². The van der Waals surface area contributed by atoms with Crippen molar-refractivity contribution in [2.24, 2.45) is 11.8 Å². The Labute approximate surface area is 127 Å². The number of benzene rings is 1. The number of nitrogens with one attached hydrogen (secondary N) is 2. The second-order valence-electron chi connectivity index (χ2n) is 5.21. The minimum atomic E-state index is -0.944. The summed E-state index contributed by atoms with van der Waals surface area (Å²) >= 11 is 0. The Morgan fingerprint density at radius 2 is 1.86 bits per heavy atom. The molecule has 2 unspecified atom stereocenters. The minimum Gasteiger partial charge on any atom is -0.495 e. The first-order valence-corrected chi connectivity index (χ1v) is 6.91. The highest BCUT2D eigenvalue weighted by atomic mass is 16.5. The van der Waals surface area contributed by atoms with Crippen molar-refractivity contribution in [3.8, 4) is 5.75 Å². The lowest BCUT2D eigenvalue weighted by molar-refractivity contribution is -0.151. The topological polar surface area (TPSA) is 105 Å². The predicted molar refractivity (Wildman–Crippen MR) is 79.8 cm³/mol. The number of amides is 2. The Kier molecular flexibility index (Phi) is 4.65. The molecule has 1 aromatic carbocycles. The number of carbonyl (C=O) groups is 3. The van der Waals surface area contributed by atoms with Crippen molar-refractivity contribution in [1.82, 2.24) is 0 Å². The van der Waals surface area contributed by atoms with Gasteiger partial charge in [0, 0.05) is 12.6 Å². The van der Waals surface area contributed by atoms with Gasteiger partial charge in [0.2, 0.25) is 11.8 Å². The Morgan fingerprint density at radius 1 is 1.18 bits per heavy atom. The lowest BCUT2D eigenvalue weighted by Gasteiger charge is -2.31. The first kappa shape index (κ1) is 15.8. The smallest absolute Gasteiger partial charge is 0.307 e. The third-order valence-electron chi connectivity index (χ3n) is 3.71. The average molecular weight is 306 g/mol. The first-order valence-electron chi connectivity index (χ1n) is 6.91. The largest absolute Gasteiger partial charge is 0.495 e. The molecule has 1 saturated carbocycles. The third kappa shape index (κ3) is 3.36. The van der Waals surface area contributed by atoms with Crippen LogP contribution in [0.1, 0.15) is 19.8 Å². The van der Waals surface area contributed by atoms with E-state index in [2.05, 4.69) is 10.6 Å². The molecule has 0 saturated heterocycles. The molecule has 0 radical (unpaired) electrons. The van der Waals surface area contributed by atoms with E-state index in [1.807, 2.05) is 0 Å². The molecule has 2 amide bonds. The summed E-state index contributed by atoms with van der Waals surface area (Å²) in [6, 6.07) is 4.83. The molecule has 7 heteroatoms. The number of rotatable bonds is 5. The minimum absolute atomic E-state index is 0.258. The summed E-state index contributed by atoms with van der Waals surface area (Å²) in [6.45, 7) is 1.37. The van der Waals surface area contributed by atoms with Crippen LogP contribution in [0.3, 0.4) is 0 Å². The summed E-state index contributed by atoms with van der Waals surface area (Å²) in [7, 11) is 1.48. The van der Waals surface area contributed by atoms with Gasteiger partial charge in [-0.25, -0.2) is 0 Å². The molecule has 1 aromatic rings. The molecular weight excluding hydrogens is 288 g/mol. The van der Waals surface area contributed by atoms with E-state index in [4.69, 9.17) is 9.84 Å². The molecule has 7 nitrogen and oxygen atoms in total. The van der Waals surface area contributed by atoms with Crippen LogP contribution in [0.2, 0.25) is 0 Å². The first-order chi connectivity index (χ1) is 10.4. The van der Waals surface area contributed by atoms with E-state index in [1.165, 1.54) is 14.0 Å². The highest BCUT2D eigenvalue weighted by molar-refractivity contribution is 5.97. The number of aliphatic carboxylic acids is 1. The van der Waals surface area contributed by atoms with Gasteiger partial charge in [0.15, 0.2) is 0 Å². The second-order valence-corrected chi connectivity index (χ2v) is 5.21. The highest BCUT2D eigenvalue weighted by Crippen LogP contribution is 2.36. The summed E-state index contributed by atoms with van der Waals surface area (Å²) in [5.74, 6) is -2.18. The van der Waals surface area contributed by atoms with Crippen molar-refractivity contribution in [2.45, 2.75) is 19.8 Å². The number of carboxylic acids is 1. The molecule has 118 valence electrons. The van der Waals surface area contributed by atoms with E-state index in [1.54, 1.807) is 18.2 Å². The van der Waals surface area contributed by atoms with Crippen molar-refractivity contribution < 1.29 is 24.2 Å².